The molecule has 0 aromatic heterocycles. The van der Waals surface area contributed by atoms with Gasteiger partial charge in [0.15, 0.2) is 0 Å². The van der Waals surface area contributed by atoms with Crippen molar-refractivity contribution < 1.29 is 23.8 Å². The molecule has 0 aliphatic heterocycles. The van der Waals surface area contributed by atoms with Crippen molar-refractivity contribution in [2.75, 3.05) is 13.2 Å². The summed E-state index contributed by atoms with van der Waals surface area (Å²) in [4.78, 5) is 23.9. The molecule has 2 amide bonds. The Labute approximate surface area is 149 Å². The van der Waals surface area contributed by atoms with Crippen LogP contribution in [0.4, 0.5) is 4.79 Å². The highest BCUT2D eigenvalue weighted by atomic mass is 16.6. The fourth-order valence-corrected chi connectivity index (χ4v) is 4.12. The minimum Gasteiger partial charge on any atom is -0.444 e. The van der Waals surface area contributed by atoms with Crippen LogP contribution in [0, 0.1) is 0 Å². The minimum atomic E-state index is -0.500. The normalized spacial score (nSPS) is 35.7. The Balaban J connectivity index is 1.30. The van der Waals surface area contributed by atoms with Gasteiger partial charge in [-0.05, 0) is 59.8 Å². The molecule has 7 nitrogen and oxygen atoms in total. The van der Waals surface area contributed by atoms with Gasteiger partial charge in [-0.3, -0.25) is 4.79 Å². The van der Waals surface area contributed by atoms with Gasteiger partial charge in [-0.2, -0.15) is 0 Å². The van der Waals surface area contributed by atoms with Gasteiger partial charge in [0.1, 0.15) is 12.2 Å². The second-order valence-corrected chi connectivity index (χ2v) is 8.75. The van der Waals surface area contributed by atoms with Gasteiger partial charge in [-0.1, -0.05) is 0 Å². The molecule has 0 spiro atoms. The van der Waals surface area contributed by atoms with Crippen LogP contribution in [-0.2, 0) is 19.0 Å². The predicted octanol–water partition coefficient (Wildman–Crippen LogP) is 1.89. The molecule has 4 saturated carbocycles. The van der Waals surface area contributed by atoms with E-state index in [-0.39, 0.29) is 41.9 Å². The lowest BCUT2D eigenvalue weighted by Crippen LogP contribution is -2.84. The lowest BCUT2D eigenvalue weighted by atomic mass is 9.44. The molecule has 142 valence electrons. The molecule has 0 saturated heterocycles. The average Bonchev–Trinajstić information content (AvgIpc) is 2.35. The molecule has 4 aliphatic rings. The van der Waals surface area contributed by atoms with Crippen molar-refractivity contribution in [3.05, 3.63) is 0 Å². The smallest absolute Gasteiger partial charge is 0.408 e. The third-order valence-corrected chi connectivity index (χ3v) is 5.11. The van der Waals surface area contributed by atoms with Gasteiger partial charge in [0.05, 0.1) is 17.7 Å². The Hall–Kier alpha value is -1.34. The fourth-order valence-electron chi connectivity index (χ4n) is 4.12. The summed E-state index contributed by atoms with van der Waals surface area (Å²) in [6.07, 6.45) is 4.07. The Bertz CT molecular complexity index is 516. The zero-order chi connectivity index (χ0) is 18.3. The third-order valence-electron chi connectivity index (χ3n) is 5.11. The van der Waals surface area contributed by atoms with E-state index in [1.54, 1.807) is 0 Å². The third kappa shape index (κ3) is 4.26. The number of rotatable bonds is 7. The molecule has 4 rings (SSSR count). The molecule has 0 unspecified atom stereocenters. The SMILES string of the molecule is CCOC1CC(OCC(=O)NC23CC(NC(=O)OC(C)(C)C)(C2)C3)C1. The second kappa shape index (κ2) is 6.43. The van der Waals surface area contributed by atoms with Crippen LogP contribution < -0.4 is 10.6 Å². The van der Waals surface area contributed by atoms with Crippen LogP contribution >= 0.6 is 0 Å². The molecule has 0 aromatic carbocycles. The molecule has 2 bridgehead atoms. The van der Waals surface area contributed by atoms with Crippen molar-refractivity contribution in [3.63, 3.8) is 0 Å². The molecule has 4 fully saturated rings. The molecule has 0 radical (unpaired) electrons. The van der Waals surface area contributed by atoms with E-state index < -0.39 is 5.60 Å². The highest BCUT2D eigenvalue weighted by Crippen LogP contribution is 2.60. The highest BCUT2D eigenvalue weighted by Gasteiger charge is 2.69. The first-order chi connectivity index (χ1) is 11.6. The molecular weight excluding hydrogens is 324 g/mol. The van der Waals surface area contributed by atoms with Gasteiger partial charge in [0.2, 0.25) is 5.91 Å². The summed E-state index contributed by atoms with van der Waals surface area (Å²) >= 11 is 0. The largest absolute Gasteiger partial charge is 0.444 e. The molecule has 7 heteroatoms. The van der Waals surface area contributed by atoms with Gasteiger partial charge < -0.3 is 24.8 Å². The summed E-state index contributed by atoms with van der Waals surface area (Å²) in [5, 5.41) is 6.00. The van der Waals surface area contributed by atoms with Crippen molar-refractivity contribution in [2.45, 2.75) is 88.7 Å². The topological polar surface area (TPSA) is 85.9 Å². The number of carbonyl (C=O) groups excluding carboxylic acids is 2. The van der Waals surface area contributed by atoms with Crippen molar-refractivity contribution in [3.8, 4) is 0 Å². The van der Waals surface area contributed by atoms with E-state index in [1.807, 2.05) is 27.7 Å². The van der Waals surface area contributed by atoms with Crippen LogP contribution in [0.2, 0.25) is 0 Å². The number of hydrogen-bond acceptors (Lipinski definition) is 5. The Morgan fingerprint density at radius 2 is 1.56 bits per heavy atom. The van der Waals surface area contributed by atoms with E-state index in [1.165, 1.54) is 0 Å². The molecule has 0 aromatic rings. The zero-order valence-corrected chi connectivity index (χ0v) is 15.6. The Morgan fingerprint density at radius 1 is 1.00 bits per heavy atom. The van der Waals surface area contributed by atoms with Gasteiger partial charge in [0, 0.05) is 12.1 Å². The van der Waals surface area contributed by atoms with E-state index in [4.69, 9.17) is 14.2 Å². The summed E-state index contributed by atoms with van der Waals surface area (Å²) < 4.78 is 16.4. The number of alkyl carbamates (subject to hydrolysis) is 1. The van der Waals surface area contributed by atoms with Crippen LogP contribution in [0.5, 0.6) is 0 Å². The van der Waals surface area contributed by atoms with Crippen LogP contribution in [-0.4, -0.2) is 54.1 Å². The summed E-state index contributed by atoms with van der Waals surface area (Å²) in [6, 6.07) is 0. The number of amides is 2. The summed E-state index contributed by atoms with van der Waals surface area (Å²) in [6.45, 7) is 8.33. The van der Waals surface area contributed by atoms with Gasteiger partial charge in [-0.25, -0.2) is 4.79 Å². The Kier molecular flexibility index (Phi) is 4.75. The van der Waals surface area contributed by atoms with Gasteiger partial charge in [0.25, 0.3) is 0 Å². The molecule has 2 N–H and O–H groups in total. The molecule has 0 atom stereocenters. The predicted molar refractivity (Wildman–Crippen MR) is 91.2 cm³/mol. The van der Waals surface area contributed by atoms with Gasteiger partial charge >= 0.3 is 6.09 Å². The van der Waals surface area contributed by atoms with E-state index in [9.17, 15) is 9.59 Å². The lowest BCUT2D eigenvalue weighted by Gasteiger charge is -2.70. The maximum atomic E-state index is 12.1. The van der Waals surface area contributed by atoms with Crippen LogP contribution in [0.25, 0.3) is 0 Å². The van der Waals surface area contributed by atoms with Crippen molar-refractivity contribution in [2.24, 2.45) is 0 Å². The van der Waals surface area contributed by atoms with E-state index in [2.05, 4.69) is 10.6 Å². The summed E-state index contributed by atoms with van der Waals surface area (Å²) in [5.41, 5.74) is -0.863. The summed E-state index contributed by atoms with van der Waals surface area (Å²) in [5.74, 6) is -0.0783. The van der Waals surface area contributed by atoms with E-state index in [0.717, 1.165) is 38.7 Å². The molecule has 0 heterocycles. The monoisotopic (exact) mass is 354 g/mol. The highest BCUT2D eigenvalue weighted by molar-refractivity contribution is 5.79. The molecule has 25 heavy (non-hydrogen) atoms. The fraction of sp³-hybridized carbons (Fsp3) is 0.889. The maximum absolute atomic E-state index is 12.1. The molecule has 4 aliphatic carbocycles. The van der Waals surface area contributed by atoms with Crippen molar-refractivity contribution >= 4 is 12.0 Å². The van der Waals surface area contributed by atoms with Crippen LogP contribution in [0.3, 0.4) is 0 Å². The van der Waals surface area contributed by atoms with E-state index in [0.29, 0.717) is 0 Å². The first-order valence-electron chi connectivity index (χ1n) is 9.18. The number of carbonyl (C=O) groups is 2. The quantitative estimate of drug-likeness (QED) is 0.729. The lowest BCUT2D eigenvalue weighted by molar-refractivity contribution is -0.152. The number of ether oxygens (including phenoxy) is 3. The summed E-state index contributed by atoms with van der Waals surface area (Å²) in [7, 11) is 0. The number of hydrogen-bond donors (Lipinski definition) is 2. The van der Waals surface area contributed by atoms with E-state index >= 15 is 0 Å². The minimum absolute atomic E-state index is 0.0783. The zero-order valence-electron chi connectivity index (χ0n) is 15.6. The first-order valence-corrected chi connectivity index (χ1v) is 9.18. The Morgan fingerprint density at radius 3 is 2.12 bits per heavy atom. The van der Waals surface area contributed by atoms with Gasteiger partial charge in [-0.15, -0.1) is 0 Å². The standard InChI is InChI=1S/C18H30N2O5/c1-5-23-12-6-13(7-12)24-8-14(21)19-17-9-18(10-17,11-17)20-15(22)25-16(2,3)4/h12-13H,5-11H2,1-4H3,(H,19,21)(H,20,22). The number of nitrogens with one attached hydrogen (secondary N) is 2. The van der Waals surface area contributed by atoms with Crippen molar-refractivity contribution in [1.82, 2.24) is 10.6 Å². The second-order valence-electron chi connectivity index (χ2n) is 8.75. The molecular formula is C18H30N2O5. The maximum Gasteiger partial charge on any atom is 0.408 e. The van der Waals surface area contributed by atoms with Crippen LogP contribution in [0.1, 0.15) is 59.8 Å². The van der Waals surface area contributed by atoms with Crippen molar-refractivity contribution in [1.29, 1.82) is 0 Å². The van der Waals surface area contributed by atoms with Crippen LogP contribution in [0.15, 0.2) is 0 Å². The average molecular weight is 354 g/mol. The first kappa shape index (κ1) is 18.5.